The number of hydrogen-bond donors (Lipinski definition) is 4. The topological polar surface area (TPSA) is 151 Å². The highest BCUT2D eigenvalue weighted by atomic mass is 31.2. The van der Waals surface area contributed by atoms with Crippen LogP contribution in [0.4, 0.5) is 0 Å². The Bertz CT molecular complexity index is 723. The molecule has 0 bridgehead atoms. The van der Waals surface area contributed by atoms with Crippen LogP contribution in [0.1, 0.15) is 18.2 Å². The maximum Gasteiger partial charge on any atom is 0.469 e. The van der Waals surface area contributed by atoms with Gasteiger partial charge in [-0.3, -0.25) is 18.9 Å². The van der Waals surface area contributed by atoms with Crippen LogP contribution in [-0.4, -0.2) is 63.3 Å². The smallest absolute Gasteiger partial charge is 0.390 e. The lowest BCUT2D eigenvalue weighted by Gasteiger charge is -2.16. The highest BCUT2D eigenvalue weighted by Crippen LogP contribution is 2.38. The minimum absolute atomic E-state index is 0.0283. The molecule has 10 nitrogen and oxygen atoms in total. The van der Waals surface area contributed by atoms with Gasteiger partial charge in [0.25, 0.3) is 5.56 Å². The fraction of sp³-hybridized carbons (Fsp3) is 0.692. The Morgan fingerprint density at radius 1 is 1.40 bits per heavy atom. The molecule has 144 valence electrons. The molecule has 1 saturated heterocycles. The van der Waals surface area contributed by atoms with Gasteiger partial charge in [-0.25, -0.2) is 9.36 Å². The van der Waals surface area contributed by atoms with Crippen molar-refractivity contribution in [3.63, 3.8) is 0 Å². The van der Waals surface area contributed by atoms with Gasteiger partial charge >= 0.3 is 13.5 Å². The summed E-state index contributed by atoms with van der Waals surface area (Å²) in [6.07, 6.45) is -1.57. The fourth-order valence-electron chi connectivity index (χ4n) is 2.01. The number of ether oxygens (including phenoxy) is 1. The van der Waals surface area contributed by atoms with E-state index in [0.717, 1.165) is 4.57 Å². The quantitative estimate of drug-likeness (QED) is 0.516. The first-order valence-electron chi connectivity index (χ1n) is 7.37. The van der Waals surface area contributed by atoms with E-state index >= 15 is 0 Å². The maximum absolute atomic E-state index is 11.7. The SMILES string of the molecule is CP(C)C.Cc1cn([C@H]2C[C@H](O)[C@@H](COP(=O)(O)O)O2)c(=O)[nH]c1=O. The molecule has 1 aromatic rings. The lowest BCUT2D eigenvalue weighted by atomic mass is 10.2. The lowest BCUT2D eigenvalue weighted by Crippen LogP contribution is -2.33. The molecule has 0 saturated carbocycles. The van der Waals surface area contributed by atoms with Crippen molar-refractivity contribution in [3.05, 3.63) is 32.6 Å². The average molecular weight is 398 g/mol. The number of nitrogens with one attached hydrogen (secondary N) is 1. The summed E-state index contributed by atoms with van der Waals surface area (Å²) in [5.74, 6) is 0. The van der Waals surface area contributed by atoms with Crippen molar-refractivity contribution in [2.24, 2.45) is 0 Å². The molecule has 2 heterocycles. The molecule has 25 heavy (non-hydrogen) atoms. The molecule has 0 aliphatic carbocycles. The Balaban J connectivity index is 0.000000705. The van der Waals surface area contributed by atoms with Crippen molar-refractivity contribution in [2.75, 3.05) is 26.6 Å². The van der Waals surface area contributed by atoms with Crippen LogP contribution in [0.5, 0.6) is 0 Å². The van der Waals surface area contributed by atoms with Crippen LogP contribution in [0.15, 0.2) is 15.8 Å². The van der Waals surface area contributed by atoms with Crippen LogP contribution < -0.4 is 11.2 Å². The first kappa shape index (κ1) is 22.2. The first-order valence-corrected chi connectivity index (χ1v) is 11.6. The third-order valence-electron chi connectivity index (χ3n) is 3.07. The van der Waals surface area contributed by atoms with Crippen molar-refractivity contribution in [1.29, 1.82) is 0 Å². The van der Waals surface area contributed by atoms with E-state index in [1.807, 2.05) is 0 Å². The second-order valence-electron chi connectivity index (χ2n) is 6.04. The van der Waals surface area contributed by atoms with Crippen molar-refractivity contribution in [3.8, 4) is 0 Å². The molecule has 1 aliphatic heterocycles. The summed E-state index contributed by atoms with van der Waals surface area (Å²) in [7, 11) is -4.29. The maximum atomic E-state index is 11.7. The molecule has 1 aromatic heterocycles. The molecule has 2 rings (SSSR count). The van der Waals surface area contributed by atoms with Crippen LogP contribution in [0.2, 0.25) is 0 Å². The van der Waals surface area contributed by atoms with Crippen molar-refractivity contribution >= 4 is 15.7 Å². The van der Waals surface area contributed by atoms with Gasteiger partial charge in [0.05, 0.1) is 12.7 Å². The van der Waals surface area contributed by atoms with Gasteiger partial charge in [-0.15, -0.1) is 7.92 Å². The number of phosphoric acid groups is 1. The van der Waals surface area contributed by atoms with Crippen molar-refractivity contribution in [1.82, 2.24) is 9.55 Å². The second-order valence-corrected chi connectivity index (χ2v) is 9.96. The predicted octanol–water partition coefficient (Wildman–Crippen LogP) is -0.0396. The number of H-pyrrole nitrogens is 1. The van der Waals surface area contributed by atoms with Crippen LogP contribution in [0, 0.1) is 6.92 Å². The average Bonchev–Trinajstić information content (AvgIpc) is 2.80. The molecule has 0 amide bonds. The van der Waals surface area contributed by atoms with Gasteiger partial charge in [0.2, 0.25) is 0 Å². The van der Waals surface area contributed by atoms with Gasteiger partial charge in [-0.1, -0.05) is 0 Å². The minimum atomic E-state index is -4.67. The van der Waals surface area contributed by atoms with Crippen molar-refractivity contribution < 1.29 is 28.7 Å². The summed E-state index contributed by atoms with van der Waals surface area (Å²) in [5.41, 5.74) is -0.918. The number of hydrogen-bond acceptors (Lipinski definition) is 6. The van der Waals surface area contributed by atoms with Crippen LogP contribution in [0.3, 0.4) is 0 Å². The van der Waals surface area contributed by atoms with E-state index < -0.39 is 44.1 Å². The van der Waals surface area contributed by atoms with E-state index in [1.54, 1.807) is 0 Å². The van der Waals surface area contributed by atoms with E-state index in [2.05, 4.69) is 29.5 Å². The zero-order valence-electron chi connectivity index (χ0n) is 14.4. The largest absolute Gasteiger partial charge is 0.469 e. The summed E-state index contributed by atoms with van der Waals surface area (Å²) >= 11 is 0. The van der Waals surface area contributed by atoms with Gasteiger partial charge in [-0.2, -0.15) is 0 Å². The first-order chi connectivity index (χ1) is 11.4. The van der Waals surface area contributed by atoms with E-state index in [0.29, 0.717) is 13.5 Å². The molecule has 0 radical (unpaired) electrons. The number of aryl methyl sites for hydroxylation is 1. The lowest BCUT2D eigenvalue weighted by molar-refractivity contribution is -0.0451. The summed E-state index contributed by atoms with van der Waals surface area (Å²) < 4.78 is 21.4. The third kappa shape index (κ3) is 7.50. The Hall–Kier alpha value is -0.860. The zero-order chi connectivity index (χ0) is 19.4. The molecule has 4 N–H and O–H groups in total. The number of aromatic nitrogens is 2. The van der Waals surface area contributed by atoms with Crippen LogP contribution in [0.25, 0.3) is 0 Å². The number of aromatic amines is 1. The molecule has 0 spiro atoms. The molecule has 12 heteroatoms. The van der Waals surface area contributed by atoms with Crippen LogP contribution >= 0.6 is 15.7 Å². The van der Waals surface area contributed by atoms with E-state index in [9.17, 15) is 19.3 Å². The van der Waals surface area contributed by atoms with E-state index in [-0.39, 0.29) is 6.42 Å². The molecule has 0 aromatic carbocycles. The van der Waals surface area contributed by atoms with Gasteiger partial charge < -0.3 is 19.6 Å². The molecule has 1 fully saturated rings. The normalized spacial score (nSPS) is 23.4. The Morgan fingerprint density at radius 2 is 1.96 bits per heavy atom. The standard InChI is InChI=1S/C10H15N2O8P.C3H9P/c1-5-3-12(10(15)11-9(5)14)8-2-6(13)7(20-8)4-19-21(16,17)18;1-4(2)3/h3,6-8,13H,2,4H2,1H3,(H,11,14,15)(H2,16,17,18);1-3H3/t6-,7+,8+;/m0./s1. The van der Waals surface area contributed by atoms with Gasteiger partial charge in [0.1, 0.15) is 12.3 Å². The zero-order valence-corrected chi connectivity index (χ0v) is 16.2. The number of nitrogens with zero attached hydrogens (tertiary/aromatic N) is 1. The molecular weight excluding hydrogens is 374 g/mol. The molecule has 1 aliphatic rings. The highest BCUT2D eigenvalue weighted by molar-refractivity contribution is 7.55. The summed E-state index contributed by atoms with van der Waals surface area (Å²) in [6, 6.07) is 0. The van der Waals surface area contributed by atoms with Gasteiger partial charge in [0.15, 0.2) is 0 Å². The van der Waals surface area contributed by atoms with Gasteiger partial charge in [-0.05, 0) is 26.9 Å². The third-order valence-corrected chi connectivity index (χ3v) is 3.55. The van der Waals surface area contributed by atoms with Crippen LogP contribution in [-0.2, 0) is 13.8 Å². The summed E-state index contributed by atoms with van der Waals surface area (Å²) in [4.78, 5) is 42.3. The van der Waals surface area contributed by atoms with E-state index in [4.69, 9.17) is 14.5 Å². The molecule has 3 atom stereocenters. The number of aliphatic hydroxyl groups excluding tert-OH is 1. The predicted molar refractivity (Wildman–Crippen MR) is 93.3 cm³/mol. The fourth-order valence-corrected chi connectivity index (χ4v) is 2.35. The number of aliphatic hydroxyl groups is 1. The molecule has 0 unspecified atom stereocenters. The highest BCUT2D eigenvalue weighted by Gasteiger charge is 2.37. The Morgan fingerprint density at radius 3 is 2.48 bits per heavy atom. The monoisotopic (exact) mass is 398 g/mol. The van der Waals surface area contributed by atoms with Gasteiger partial charge in [0, 0.05) is 18.2 Å². The number of phosphoric ester groups is 1. The Labute approximate surface area is 145 Å². The Kier molecular flexibility index (Phi) is 8.15. The summed E-state index contributed by atoms with van der Waals surface area (Å²) in [5, 5.41) is 9.79. The van der Waals surface area contributed by atoms with Crippen molar-refractivity contribution in [2.45, 2.75) is 31.8 Å². The minimum Gasteiger partial charge on any atom is -0.390 e. The van der Waals surface area contributed by atoms with E-state index in [1.165, 1.54) is 13.1 Å². The molecular formula is C13H24N2O8P2. The second kappa shape index (κ2) is 9.19. The number of rotatable bonds is 4. The summed E-state index contributed by atoms with van der Waals surface area (Å²) in [6.45, 7) is 7.69.